The van der Waals surface area contributed by atoms with Crippen LogP contribution in [0.25, 0.3) is 0 Å². The number of benzene rings is 1. The molecule has 1 aliphatic heterocycles. The van der Waals surface area contributed by atoms with Crippen molar-refractivity contribution in [2.45, 2.75) is 31.9 Å². The Morgan fingerprint density at radius 1 is 1.47 bits per heavy atom. The van der Waals surface area contributed by atoms with Gasteiger partial charge in [-0.15, -0.1) is 0 Å². The van der Waals surface area contributed by atoms with Gasteiger partial charge in [-0.2, -0.15) is 0 Å². The van der Waals surface area contributed by atoms with Crippen LogP contribution >= 0.6 is 0 Å². The van der Waals surface area contributed by atoms with E-state index < -0.39 is 0 Å². The van der Waals surface area contributed by atoms with Crippen molar-refractivity contribution in [2.24, 2.45) is 5.73 Å². The van der Waals surface area contributed by atoms with Gasteiger partial charge >= 0.3 is 6.03 Å². The molecule has 1 aromatic carbocycles. The van der Waals surface area contributed by atoms with Gasteiger partial charge in [-0.1, -0.05) is 12.1 Å². The van der Waals surface area contributed by atoms with Crippen molar-refractivity contribution in [1.82, 2.24) is 5.32 Å². The number of ether oxygens (including phenoxy) is 1. The molecule has 1 aromatic rings. The van der Waals surface area contributed by atoms with E-state index in [0.717, 1.165) is 37.1 Å². The SMILES string of the molecule is NCc1cccc(NC(=O)NCCC2CCCO2)c1. The van der Waals surface area contributed by atoms with Crippen molar-refractivity contribution in [3.8, 4) is 0 Å². The minimum atomic E-state index is -0.188. The Balaban J connectivity index is 1.70. The van der Waals surface area contributed by atoms with E-state index in [1.165, 1.54) is 0 Å². The molecule has 2 amide bonds. The second-order valence-electron chi connectivity index (χ2n) is 4.71. The van der Waals surface area contributed by atoms with Crippen LogP contribution in [0.4, 0.5) is 10.5 Å². The largest absolute Gasteiger partial charge is 0.378 e. The summed E-state index contributed by atoms with van der Waals surface area (Å²) in [4.78, 5) is 11.7. The lowest BCUT2D eigenvalue weighted by atomic mass is 10.2. The van der Waals surface area contributed by atoms with E-state index in [9.17, 15) is 4.79 Å². The summed E-state index contributed by atoms with van der Waals surface area (Å²) in [6.45, 7) is 1.95. The van der Waals surface area contributed by atoms with Crippen LogP contribution in [-0.2, 0) is 11.3 Å². The summed E-state index contributed by atoms with van der Waals surface area (Å²) in [7, 11) is 0. The van der Waals surface area contributed by atoms with Gasteiger partial charge in [0.25, 0.3) is 0 Å². The van der Waals surface area contributed by atoms with E-state index in [1.807, 2.05) is 24.3 Å². The monoisotopic (exact) mass is 263 g/mol. The van der Waals surface area contributed by atoms with E-state index in [4.69, 9.17) is 10.5 Å². The Hall–Kier alpha value is -1.59. The summed E-state index contributed by atoms with van der Waals surface area (Å²) in [5.74, 6) is 0. The fourth-order valence-corrected chi connectivity index (χ4v) is 2.17. The van der Waals surface area contributed by atoms with Gasteiger partial charge in [0.15, 0.2) is 0 Å². The van der Waals surface area contributed by atoms with Crippen LogP contribution in [-0.4, -0.2) is 25.3 Å². The number of hydrogen-bond acceptors (Lipinski definition) is 3. The Kier molecular flexibility index (Phi) is 5.18. The molecule has 1 fully saturated rings. The standard InChI is InChI=1S/C14H21N3O2/c15-10-11-3-1-4-12(9-11)17-14(18)16-7-6-13-5-2-8-19-13/h1,3-4,9,13H,2,5-8,10,15H2,(H2,16,17,18). The number of rotatable bonds is 5. The maximum atomic E-state index is 11.7. The number of urea groups is 1. The number of nitrogens with one attached hydrogen (secondary N) is 2. The molecule has 1 aliphatic rings. The topological polar surface area (TPSA) is 76.4 Å². The molecule has 2 rings (SSSR count). The number of carbonyl (C=O) groups excluding carboxylic acids is 1. The number of carbonyl (C=O) groups is 1. The Morgan fingerprint density at radius 3 is 3.11 bits per heavy atom. The zero-order valence-corrected chi connectivity index (χ0v) is 11.0. The van der Waals surface area contributed by atoms with Crippen molar-refractivity contribution in [1.29, 1.82) is 0 Å². The second kappa shape index (κ2) is 7.11. The van der Waals surface area contributed by atoms with E-state index >= 15 is 0 Å². The Labute approximate surface area is 113 Å². The van der Waals surface area contributed by atoms with E-state index in [1.54, 1.807) is 0 Å². The summed E-state index contributed by atoms with van der Waals surface area (Å²) < 4.78 is 5.50. The molecule has 0 bridgehead atoms. The van der Waals surface area contributed by atoms with Gasteiger partial charge in [0.2, 0.25) is 0 Å². The fourth-order valence-electron chi connectivity index (χ4n) is 2.17. The minimum Gasteiger partial charge on any atom is -0.378 e. The van der Waals surface area contributed by atoms with Crippen molar-refractivity contribution < 1.29 is 9.53 Å². The van der Waals surface area contributed by atoms with Crippen molar-refractivity contribution in [3.63, 3.8) is 0 Å². The molecule has 1 atom stereocenters. The highest BCUT2D eigenvalue weighted by Crippen LogP contribution is 2.14. The third-order valence-electron chi connectivity index (χ3n) is 3.20. The summed E-state index contributed by atoms with van der Waals surface area (Å²) in [6, 6.07) is 7.34. The van der Waals surface area contributed by atoms with Crippen LogP contribution in [0.5, 0.6) is 0 Å². The van der Waals surface area contributed by atoms with E-state index in [-0.39, 0.29) is 6.03 Å². The van der Waals surface area contributed by atoms with Gasteiger partial charge in [0.1, 0.15) is 0 Å². The van der Waals surface area contributed by atoms with Gasteiger partial charge in [0, 0.05) is 25.4 Å². The van der Waals surface area contributed by atoms with E-state index in [2.05, 4.69) is 10.6 Å². The van der Waals surface area contributed by atoms with Crippen molar-refractivity contribution in [2.75, 3.05) is 18.5 Å². The van der Waals surface area contributed by atoms with Crippen molar-refractivity contribution >= 4 is 11.7 Å². The number of hydrogen-bond donors (Lipinski definition) is 3. The average molecular weight is 263 g/mol. The molecule has 1 unspecified atom stereocenters. The van der Waals surface area contributed by atoms with Crippen LogP contribution in [0, 0.1) is 0 Å². The highest BCUT2D eigenvalue weighted by atomic mass is 16.5. The molecule has 0 aromatic heterocycles. The van der Waals surface area contributed by atoms with Gasteiger partial charge in [-0.3, -0.25) is 0 Å². The number of nitrogens with two attached hydrogens (primary N) is 1. The molecule has 104 valence electrons. The van der Waals surface area contributed by atoms with Crippen LogP contribution in [0.2, 0.25) is 0 Å². The first kappa shape index (κ1) is 13.8. The van der Waals surface area contributed by atoms with Crippen LogP contribution in [0.1, 0.15) is 24.8 Å². The Bertz CT molecular complexity index is 417. The van der Waals surface area contributed by atoms with Gasteiger partial charge < -0.3 is 21.1 Å². The number of anilines is 1. The second-order valence-corrected chi connectivity index (χ2v) is 4.71. The molecule has 0 spiro atoms. The van der Waals surface area contributed by atoms with Gasteiger partial charge in [-0.05, 0) is 37.0 Å². The smallest absolute Gasteiger partial charge is 0.319 e. The van der Waals surface area contributed by atoms with Crippen LogP contribution in [0.3, 0.4) is 0 Å². The van der Waals surface area contributed by atoms with E-state index in [0.29, 0.717) is 19.2 Å². The molecule has 0 saturated carbocycles. The highest BCUT2D eigenvalue weighted by Gasteiger charge is 2.15. The summed E-state index contributed by atoms with van der Waals surface area (Å²) in [5, 5.41) is 5.63. The van der Waals surface area contributed by atoms with Crippen LogP contribution < -0.4 is 16.4 Å². The first-order chi connectivity index (χ1) is 9.28. The predicted octanol–water partition coefficient (Wildman–Crippen LogP) is 1.84. The van der Waals surface area contributed by atoms with Gasteiger partial charge in [-0.25, -0.2) is 4.79 Å². The minimum absolute atomic E-state index is 0.188. The predicted molar refractivity (Wildman–Crippen MR) is 74.9 cm³/mol. The maximum absolute atomic E-state index is 11.7. The summed E-state index contributed by atoms with van der Waals surface area (Å²) in [5.41, 5.74) is 7.32. The molecule has 4 N–H and O–H groups in total. The van der Waals surface area contributed by atoms with Gasteiger partial charge in [0.05, 0.1) is 6.10 Å². The first-order valence-electron chi connectivity index (χ1n) is 6.73. The lowest BCUT2D eigenvalue weighted by molar-refractivity contribution is 0.105. The molecule has 1 heterocycles. The summed E-state index contributed by atoms with van der Waals surface area (Å²) >= 11 is 0. The normalized spacial score (nSPS) is 18.3. The molecular formula is C14H21N3O2. The lowest BCUT2D eigenvalue weighted by Crippen LogP contribution is -2.31. The third-order valence-corrected chi connectivity index (χ3v) is 3.20. The number of amides is 2. The zero-order chi connectivity index (χ0) is 13.5. The fraction of sp³-hybridized carbons (Fsp3) is 0.500. The average Bonchev–Trinajstić information content (AvgIpc) is 2.92. The zero-order valence-electron chi connectivity index (χ0n) is 11.0. The molecular weight excluding hydrogens is 242 g/mol. The van der Waals surface area contributed by atoms with Crippen molar-refractivity contribution in [3.05, 3.63) is 29.8 Å². The summed E-state index contributed by atoms with van der Waals surface area (Å²) in [6.07, 6.45) is 3.40. The lowest BCUT2D eigenvalue weighted by Gasteiger charge is -2.11. The first-order valence-corrected chi connectivity index (χ1v) is 6.73. The highest BCUT2D eigenvalue weighted by molar-refractivity contribution is 5.89. The molecule has 1 saturated heterocycles. The molecule has 0 radical (unpaired) electrons. The Morgan fingerprint density at radius 2 is 2.37 bits per heavy atom. The quantitative estimate of drug-likeness (QED) is 0.758. The maximum Gasteiger partial charge on any atom is 0.319 e. The molecule has 5 nitrogen and oxygen atoms in total. The third kappa shape index (κ3) is 4.54. The molecule has 19 heavy (non-hydrogen) atoms. The molecule has 5 heteroatoms. The molecule has 0 aliphatic carbocycles. The van der Waals surface area contributed by atoms with Crippen LogP contribution in [0.15, 0.2) is 24.3 Å².